The van der Waals surface area contributed by atoms with Gasteiger partial charge in [-0.1, -0.05) is 5.57 Å². The van der Waals surface area contributed by atoms with Crippen molar-refractivity contribution in [2.75, 3.05) is 0 Å². The van der Waals surface area contributed by atoms with E-state index in [4.69, 9.17) is 0 Å². The van der Waals surface area contributed by atoms with Gasteiger partial charge in [-0.25, -0.2) is 0 Å². The number of amides is 1. The maximum absolute atomic E-state index is 11.2. The van der Waals surface area contributed by atoms with Crippen molar-refractivity contribution in [1.82, 2.24) is 25.5 Å². The van der Waals surface area contributed by atoms with Crippen LogP contribution in [0, 0.1) is 0 Å². The molecular formula is C8H13N5O. The number of aryl methyl sites for hydroxylation is 1. The van der Waals surface area contributed by atoms with Gasteiger partial charge >= 0.3 is 0 Å². The molecule has 1 amide bonds. The largest absolute Gasteiger partial charge is 0.345 e. The number of hydrogen-bond donors (Lipinski definition) is 1. The second kappa shape index (κ2) is 4.50. The van der Waals surface area contributed by atoms with E-state index in [0.717, 1.165) is 5.57 Å². The predicted octanol–water partition coefficient (Wildman–Crippen LogP) is -0.208. The number of carbonyl (C=O) groups excluding carboxylic acids is 1. The predicted molar refractivity (Wildman–Crippen MR) is 50.1 cm³/mol. The average Bonchev–Trinajstić information content (AvgIpc) is 2.47. The summed E-state index contributed by atoms with van der Waals surface area (Å²) in [5.41, 5.74) is 0.953. The summed E-state index contributed by atoms with van der Waals surface area (Å²) >= 11 is 0. The van der Waals surface area contributed by atoms with E-state index in [1.165, 1.54) is 10.9 Å². The van der Waals surface area contributed by atoms with Crippen LogP contribution in [0.25, 0.3) is 0 Å². The highest BCUT2D eigenvalue weighted by Gasteiger charge is 2.01. The summed E-state index contributed by atoms with van der Waals surface area (Å²) in [6.07, 6.45) is 1.52. The second-order valence-corrected chi connectivity index (χ2v) is 3.13. The van der Waals surface area contributed by atoms with Crippen molar-refractivity contribution in [2.24, 2.45) is 7.05 Å². The first-order valence-electron chi connectivity index (χ1n) is 4.23. The van der Waals surface area contributed by atoms with E-state index < -0.39 is 0 Å². The fourth-order valence-corrected chi connectivity index (χ4v) is 0.874. The van der Waals surface area contributed by atoms with Gasteiger partial charge in [-0.3, -0.25) is 4.79 Å². The monoisotopic (exact) mass is 195 g/mol. The molecule has 6 heteroatoms. The van der Waals surface area contributed by atoms with E-state index >= 15 is 0 Å². The summed E-state index contributed by atoms with van der Waals surface area (Å²) < 4.78 is 0. The standard InChI is InChI=1S/C8H13N5O/c1-6(2)4-8(14)9-5-7-10-12-13(3)11-7/h4H,5H2,1-3H3,(H,9,14). The van der Waals surface area contributed by atoms with Crippen LogP contribution in [0.3, 0.4) is 0 Å². The summed E-state index contributed by atoms with van der Waals surface area (Å²) in [5.74, 6) is 0.362. The number of nitrogens with zero attached hydrogens (tertiary/aromatic N) is 4. The molecule has 0 aliphatic rings. The van der Waals surface area contributed by atoms with Gasteiger partial charge in [0.05, 0.1) is 13.6 Å². The SMILES string of the molecule is CC(C)=CC(=O)NCc1nnn(C)n1. The third-order valence-corrected chi connectivity index (χ3v) is 1.39. The van der Waals surface area contributed by atoms with Crippen LogP contribution >= 0.6 is 0 Å². The van der Waals surface area contributed by atoms with Crippen molar-refractivity contribution in [3.05, 3.63) is 17.5 Å². The molecule has 1 heterocycles. The van der Waals surface area contributed by atoms with E-state index in [1.807, 2.05) is 13.8 Å². The molecular weight excluding hydrogens is 182 g/mol. The Kier molecular flexibility index (Phi) is 3.33. The van der Waals surface area contributed by atoms with Gasteiger partial charge in [0.2, 0.25) is 5.91 Å². The van der Waals surface area contributed by atoms with Crippen molar-refractivity contribution >= 4 is 5.91 Å². The number of tetrazole rings is 1. The normalized spacial score (nSPS) is 9.64. The molecule has 1 N–H and O–H groups in total. The first-order chi connectivity index (χ1) is 6.58. The lowest BCUT2D eigenvalue weighted by Crippen LogP contribution is -2.21. The van der Waals surface area contributed by atoms with Crippen molar-refractivity contribution in [3.8, 4) is 0 Å². The molecule has 0 saturated heterocycles. The van der Waals surface area contributed by atoms with Gasteiger partial charge in [0, 0.05) is 6.08 Å². The minimum absolute atomic E-state index is 0.141. The Morgan fingerprint density at radius 2 is 2.29 bits per heavy atom. The lowest BCUT2D eigenvalue weighted by atomic mass is 10.3. The van der Waals surface area contributed by atoms with Gasteiger partial charge in [-0.05, 0) is 19.1 Å². The first-order valence-corrected chi connectivity index (χ1v) is 4.23. The Balaban J connectivity index is 2.41. The molecule has 76 valence electrons. The van der Waals surface area contributed by atoms with Crippen LogP contribution in [0.5, 0.6) is 0 Å². The van der Waals surface area contributed by atoms with Gasteiger partial charge in [0.15, 0.2) is 5.82 Å². The Morgan fingerprint density at radius 3 is 2.79 bits per heavy atom. The summed E-state index contributed by atoms with van der Waals surface area (Å²) in [6.45, 7) is 4.02. The Hall–Kier alpha value is -1.72. The molecule has 1 aromatic rings. The van der Waals surface area contributed by atoms with Gasteiger partial charge in [0.1, 0.15) is 0 Å². The fraction of sp³-hybridized carbons (Fsp3) is 0.500. The quantitative estimate of drug-likeness (QED) is 0.677. The number of aromatic nitrogens is 4. The molecule has 0 fully saturated rings. The molecule has 14 heavy (non-hydrogen) atoms. The highest BCUT2D eigenvalue weighted by Crippen LogP contribution is 1.89. The zero-order valence-corrected chi connectivity index (χ0v) is 8.48. The maximum atomic E-state index is 11.2. The second-order valence-electron chi connectivity index (χ2n) is 3.13. The minimum atomic E-state index is -0.141. The van der Waals surface area contributed by atoms with Crippen molar-refractivity contribution in [2.45, 2.75) is 20.4 Å². The lowest BCUT2D eigenvalue weighted by Gasteiger charge is -1.97. The zero-order chi connectivity index (χ0) is 10.6. The van der Waals surface area contributed by atoms with E-state index in [-0.39, 0.29) is 5.91 Å². The smallest absolute Gasteiger partial charge is 0.244 e. The molecule has 0 unspecified atom stereocenters. The molecule has 0 aliphatic heterocycles. The third kappa shape index (κ3) is 3.34. The molecule has 6 nitrogen and oxygen atoms in total. The maximum Gasteiger partial charge on any atom is 0.244 e. The molecule has 0 aliphatic carbocycles. The summed E-state index contributed by atoms with van der Waals surface area (Å²) in [7, 11) is 1.68. The van der Waals surface area contributed by atoms with E-state index in [2.05, 4.69) is 20.7 Å². The van der Waals surface area contributed by atoms with Gasteiger partial charge in [-0.2, -0.15) is 4.80 Å². The summed E-state index contributed by atoms with van der Waals surface area (Å²) in [6, 6.07) is 0. The van der Waals surface area contributed by atoms with Crippen LogP contribution in [-0.2, 0) is 18.4 Å². The third-order valence-electron chi connectivity index (χ3n) is 1.39. The number of rotatable bonds is 3. The van der Waals surface area contributed by atoms with Crippen LogP contribution in [0.1, 0.15) is 19.7 Å². The number of carbonyl (C=O) groups is 1. The molecule has 0 spiro atoms. The van der Waals surface area contributed by atoms with Crippen LogP contribution in [0.4, 0.5) is 0 Å². The molecule has 1 rings (SSSR count). The van der Waals surface area contributed by atoms with Crippen molar-refractivity contribution < 1.29 is 4.79 Å². The minimum Gasteiger partial charge on any atom is -0.345 e. The Bertz CT molecular complexity index is 350. The Labute approximate surface area is 82.0 Å². The Morgan fingerprint density at radius 1 is 1.57 bits per heavy atom. The van der Waals surface area contributed by atoms with E-state index in [9.17, 15) is 4.79 Å². The first kappa shape index (κ1) is 10.4. The fourth-order valence-electron chi connectivity index (χ4n) is 0.874. The van der Waals surface area contributed by atoms with Crippen LogP contribution in [-0.4, -0.2) is 26.1 Å². The molecule has 0 aromatic carbocycles. The summed E-state index contributed by atoms with van der Waals surface area (Å²) in [5, 5.41) is 13.9. The van der Waals surface area contributed by atoms with Crippen LogP contribution < -0.4 is 5.32 Å². The van der Waals surface area contributed by atoms with E-state index in [0.29, 0.717) is 12.4 Å². The van der Waals surface area contributed by atoms with Crippen molar-refractivity contribution in [1.29, 1.82) is 0 Å². The highest BCUT2D eigenvalue weighted by atomic mass is 16.1. The number of hydrogen-bond acceptors (Lipinski definition) is 4. The van der Waals surface area contributed by atoms with Gasteiger partial charge in [-0.15, -0.1) is 10.2 Å². The molecule has 0 radical (unpaired) electrons. The van der Waals surface area contributed by atoms with Gasteiger partial charge in [0.25, 0.3) is 0 Å². The van der Waals surface area contributed by atoms with Gasteiger partial charge < -0.3 is 5.32 Å². The topological polar surface area (TPSA) is 72.7 Å². The summed E-state index contributed by atoms with van der Waals surface area (Å²) in [4.78, 5) is 12.5. The molecule has 0 saturated carbocycles. The highest BCUT2D eigenvalue weighted by molar-refractivity contribution is 5.87. The van der Waals surface area contributed by atoms with Crippen LogP contribution in [0.2, 0.25) is 0 Å². The molecule has 0 bridgehead atoms. The lowest BCUT2D eigenvalue weighted by molar-refractivity contribution is -0.116. The molecule has 0 atom stereocenters. The average molecular weight is 195 g/mol. The zero-order valence-electron chi connectivity index (χ0n) is 8.48. The number of nitrogens with one attached hydrogen (secondary N) is 1. The number of allylic oxidation sites excluding steroid dienone is 1. The van der Waals surface area contributed by atoms with E-state index in [1.54, 1.807) is 7.05 Å². The van der Waals surface area contributed by atoms with Crippen LogP contribution in [0.15, 0.2) is 11.6 Å². The van der Waals surface area contributed by atoms with Crippen molar-refractivity contribution in [3.63, 3.8) is 0 Å². The molecule has 1 aromatic heterocycles.